The van der Waals surface area contributed by atoms with Gasteiger partial charge in [0.1, 0.15) is 11.6 Å². The molecule has 0 fully saturated rings. The van der Waals surface area contributed by atoms with E-state index in [1.54, 1.807) is 6.20 Å². The van der Waals surface area contributed by atoms with Crippen molar-refractivity contribution in [2.24, 2.45) is 0 Å². The Morgan fingerprint density at radius 3 is 2.81 bits per heavy atom. The second kappa shape index (κ2) is 5.56. The first kappa shape index (κ1) is 13.6. The zero-order chi connectivity index (χ0) is 14.8. The Balaban J connectivity index is 1.90. The number of rotatable bonds is 4. The van der Waals surface area contributed by atoms with E-state index < -0.39 is 0 Å². The van der Waals surface area contributed by atoms with E-state index in [2.05, 4.69) is 9.55 Å². The average molecular weight is 284 g/mol. The second-order valence-corrected chi connectivity index (χ2v) is 5.34. The standard InChI is InChI=1S/C17H17FN2O/c1-12(2)21-16-3-4-17-14(8-16)5-6-20(17)11-13-7-15(18)10-19-9-13/h3-10,12H,11H2,1-2H3. The van der Waals surface area contributed by atoms with Crippen LogP contribution in [0.5, 0.6) is 5.75 Å². The smallest absolute Gasteiger partial charge is 0.141 e. The Morgan fingerprint density at radius 1 is 1.19 bits per heavy atom. The topological polar surface area (TPSA) is 27.1 Å². The van der Waals surface area contributed by atoms with Crippen LogP contribution >= 0.6 is 0 Å². The lowest BCUT2D eigenvalue weighted by molar-refractivity contribution is 0.243. The van der Waals surface area contributed by atoms with E-state index in [0.29, 0.717) is 6.54 Å². The molecule has 0 saturated heterocycles. The van der Waals surface area contributed by atoms with E-state index >= 15 is 0 Å². The molecule has 0 saturated carbocycles. The number of benzene rings is 1. The molecule has 0 aliphatic rings. The molecule has 0 radical (unpaired) electrons. The Bertz CT molecular complexity index is 764. The molecule has 21 heavy (non-hydrogen) atoms. The van der Waals surface area contributed by atoms with E-state index in [-0.39, 0.29) is 11.9 Å². The van der Waals surface area contributed by atoms with Gasteiger partial charge in [0, 0.05) is 29.8 Å². The molecule has 0 aliphatic carbocycles. The molecule has 0 atom stereocenters. The van der Waals surface area contributed by atoms with E-state index in [1.165, 1.54) is 12.3 Å². The number of hydrogen-bond donors (Lipinski definition) is 0. The van der Waals surface area contributed by atoms with Gasteiger partial charge in [-0.25, -0.2) is 4.39 Å². The van der Waals surface area contributed by atoms with Crippen LogP contribution in [-0.4, -0.2) is 15.7 Å². The highest BCUT2D eigenvalue weighted by molar-refractivity contribution is 5.81. The zero-order valence-corrected chi connectivity index (χ0v) is 12.1. The number of pyridine rings is 1. The van der Waals surface area contributed by atoms with Gasteiger partial charge in [-0.2, -0.15) is 0 Å². The summed E-state index contributed by atoms with van der Waals surface area (Å²) in [6.07, 6.45) is 5.05. The van der Waals surface area contributed by atoms with Gasteiger partial charge in [0.05, 0.1) is 12.3 Å². The van der Waals surface area contributed by atoms with Crippen molar-refractivity contribution >= 4 is 10.9 Å². The van der Waals surface area contributed by atoms with Gasteiger partial charge in [0.15, 0.2) is 0 Å². The molecular formula is C17H17FN2O. The Morgan fingerprint density at radius 2 is 2.05 bits per heavy atom. The van der Waals surface area contributed by atoms with Crippen molar-refractivity contribution in [3.63, 3.8) is 0 Å². The number of nitrogens with zero attached hydrogens (tertiary/aromatic N) is 2. The third kappa shape index (κ3) is 3.05. The molecule has 0 aliphatic heterocycles. The Labute approximate surface area is 123 Å². The zero-order valence-electron chi connectivity index (χ0n) is 12.1. The largest absolute Gasteiger partial charge is 0.491 e. The van der Waals surface area contributed by atoms with Gasteiger partial charge in [-0.15, -0.1) is 0 Å². The number of ether oxygens (including phenoxy) is 1. The predicted octanol–water partition coefficient (Wildman–Crippen LogP) is 4.01. The predicted molar refractivity (Wildman–Crippen MR) is 81.0 cm³/mol. The molecular weight excluding hydrogens is 267 g/mol. The highest BCUT2D eigenvalue weighted by Gasteiger charge is 2.05. The fraction of sp³-hybridized carbons (Fsp3) is 0.235. The van der Waals surface area contributed by atoms with Crippen LogP contribution in [0.15, 0.2) is 48.9 Å². The van der Waals surface area contributed by atoms with Crippen LogP contribution in [-0.2, 0) is 6.54 Å². The second-order valence-electron chi connectivity index (χ2n) is 5.34. The maximum atomic E-state index is 13.2. The van der Waals surface area contributed by atoms with Crippen LogP contribution < -0.4 is 4.74 Å². The highest BCUT2D eigenvalue weighted by Crippen LogP contribution is 2.23. The number of halogens is 1. The Hall–Kier alpha value is -2.36. The fourth-order valence-electron chi connectivity index (χ4n) is 2.40. The third-order valence-electron chi connectivity index (χ3n) is 3.23. The molecule has 3 nitrogen and oxygen atoms in total. The SMILES string of the molecule is CC(C)Oc1ccc2c(ccn2Cc2cncc(F)c2)c1. The van der Waals surface area contributed by atoms with Crippen molar-refractivity contribution in [3.8, 4) is 5.75 Å². The number of aromatic nitrogens is 2. The summed E-state index contributed by atoms with van der Waals surface area (Å²) in [4.78, 5) is 3.88. The summed E-state index contributed by atoms with van der Waals surface area (Å²) in [7, 11) is 0. The van der Waals surface area contributed by atoms with E-state index in [1.807, 2.05) is 44.3 Å². The quantitative estimate of drug-likeness (QED) is 0.723. The molecule has 3 rings (SSSR count). The summed E-state index contributed by atoms with van der Waals surface area (Å²) in [5.74, 6) is 0.555. The summed E-state index contributed by atoms with van der Waals surface area (Å²) in [5, 5.41) is 1.11. The van der Waals surface area contributed by atoms with Crippen LogP contribution in [0, 0.1) is 5.82 Å². The van der Waals surface area contributed by atoms with Crippen LogP contribution in [0.25, 0.3) is 10.9 Å². The van der Waals surface area contributed by atoms with Crippen molar-refractivity contribution < 1.29 is 9.13 Å². The van der Waals surface area contributed by atoms with Gasteiger partial charge in [0.25, 0.3) is 0 Å². The van der Waals surface area contributed by atoms with Gasteiger partial charge in [0.2, 0.25) is 0 Å². The Kier molecular flexibility index (Phi) is 3.60. The van der Waals surface area contributed by atoms with Gasteiger partial charge in [-0.05, 0) is 49.7 Å². The lowest BCUT2D eigenvalue weighted by Gasteiger charge is -2.10. The van der Waals surface area contributed by atoms with Crippen LogP contribution in [0.3, 0.4) is 0 Å². The average Bonchev–Trinajstić information content (AvgIpc) is 2.81. The minimum Gasteiger partial charge on any atom is -0.491 e. The maximum Gasteiger partial charge on any atom is 0.141 e. The fourth-order valence-corrected chi connectivity index (χ4v) is 2.40. The summed E-state index contributed by atoms with van der Waals surface area (Å²) in [6.45, 7) is 4.61. The minimum atomic E-state index is -0.309. The summed E-state index contributed by atoms with van der Waals surface area (Å²) < 4.78 is 21.0. The molecule has 2 heterocycles. The molecule has 0 unspecified atom stereocenters. The van der Waals surface area contributed by atoms with E-state index in [9.17, 15) is 4.39 Å². The molecule has 1 aromatic carbocycles. The number of fused-ring (bicyclic) bond motifs is 1. The monoisotopic (exact) mass is 284 g/mol. The van der Waals surface area contributed by atoms with Crippen molar-refractivity contribution in [2.75, 3.05) is 0 Å². The van der Waals surface area contributed by atoms with Crippen LogP contribution in [0.4, 0.5) is 4.39 Å². The molecule has 0 N–H and O–H groups in total. The van der Waals surface area contributed by atoms with Crippen molar-refractivity contribution in [1.82, 2.24) is 9.55 Å². The molecule has 4 heteroatoms. The van der Waals surface area contributed by atoms with Crippen molar-refractivity contribution in [2.45, 2.75) is 26.5 Å². The highest BCUT2D eigenvalue weighted by atomic mass is 19.1. The normalized spacial score (nSPS) is 11.2. The maximum absolute atomic E-state index is 13.2. The third-order valence-corrected chi connectivity index (χ3v) is 3.23. The summed E-state index contributed by atoms with van der Waals surface area (Å²) in [5.41, 5.74) is 1.94. The lowest BCUT2D eigenvalue weighted by Crippen LogP contribution is -2.05. The van der Waals surface area contributed by atoms with Gasteiger partial charge in [-0.3, -0.25) is 4.98 Å². The first-order valence-corrected chi connectivity index (χ1v) is 6.97. The van der Waals surface area contributed by atoms with Crippen LogP contribution in [0.2, 0.25) is 0 Å². The van der Waals surface area contributed by atoms with E-state index in [4.69, 9.17) is 4.74 Å². The molecule has 2 aromatic heterocycles. The van der Waals surface area contributed by atoms with Gasteiger partial charge >= 0.3 is 0 Å². The van der Waals surface area contributed by atoms with Gasteiger partial charge in [-0.1, -0.05) is 0 Å². The summed E-state index contributed by atoms with van der Waals surface area (Å²) in [6, 6.07) is 9.56. The van der Waals surface area contributed by atoms with Crippen molar-refractivity contribution in [1.29, 1.82) is 0 Å². The van der Waals surface area contributed by atoms with Gasteiger partial charge < -0.3 is 9.30 Å². The first-order valence-electron chi connectivity index (χ1n) is 6.97. The molecule has 3 aromatic rings. The van der Waals surface area contributed by atoms with Crippen molar-refractivity contribution in [3.05, 3.63) is 60.3 Å². The molecule has 0 bridgehead atoms. The lowest BCUT2D eigenvalue weighted by atomic mass is 10.2. The first-order chi connectivity index (χ1) is 10.1. The van der Waals surface area contributed by atoms with E-state index in [0.717, 1.165) is 22.2 Å². The minimum absolute atomic E-state index is 0.155. The summed E-state index contributed by atoms with van der Waals surface area (Å²) >= 11 is 0. The number of hydrogen-bond acceptors (Lipinski definition) is 2. The molecule has 0 amide bonds. The molecule has 0 spiro atoms. The molecule has 108 valence electrons. The van der Waals surface area contributed by atoms with Crippen LogP contribution in [0.1, 0.15) is 19.4 Å².